The molecule has 3 nitrogen and oxygen atoms in total. The number of allylic oxidation sites excluding steroid dienone is 2. The Balaban J connectivity index is 2.28. The van der Waals surface area contributed by atoms with E-state index < -0.39 is 0 Å². The van der Waals surface area contributed by atoms with E-state index in [2.05, 4.69) is 20.1 Å². The van der Waals surface area contributed by atoms with E-state index in [9.17, 15) is 9.90 Å². The molecule has 2 aliphatic rings. The van der Waals surface area contributed by atoms with Gasteiger partial charge in [0, 0.05) is 12.3 Å². The van der Waals surface area contributed by atoms with E-state index in [0.29, 0.717) is 5.92 Å². The highest BCUT2D eigenvalue weighted by Gasteiger charge is 2.53. The fourth-order valence-electron chi connectivity index (χ4n) is 4.11. The Kier molecular flexibility index (Phi) is 4.38. The third-order valence-corrected chi connectivity index (χ3v) is 5.33. The van der Waals surface area contributed by atoms with E-state index in [4.69, 9.17) is 4.74 Å². The summed E-state index contributed by atoms with van der Waals surface area (Å²) in [5.41, 5.74) is 2.08. The van der Waals surface area contributed by atoms with Crippen LogP contribution in [0.15, 0.2) is 24.3 Å². The van der Waals surface area contributed by atoms with Crippen molar-refractivity contribution < 1.29 is 14.6 Å². The number of esters is 1. The number of carbonyl (C=O) groups excluding carboxylic acids is 1. The second-order valence-corrected chi connectivity index (χ2v) is 6.56. The van der Waals surface area contributed by atoms with Crippen LogP contribution in [0, 0.1) is 17.3 Å². The molecule has 3 heteroatoms. The SMILES string of the molecule is C=C(C)C1CCC2(CO)C(OC(C)=O)CCC(=C)C2C1. The smallest absolute Gasteiger partial charge is 0.302 e. The Hall–Kier alpha value is -1.09. The summed E-state index contributed by atoms with van der Waals surface area (Å²) in [7, 11) is 0. The van der Waals surface area contributed by atoms with Crippen LogP contribution in [0.25, 0.3) is 0 Å². The van der Waals surface area contributed by atoms with Crippen molar-refractivity contribution in [2.75, 3.05) is 6.61 Å². The van der Waals surface area contributed by atoms with Gasteiger partial charge in [-0.25, -0.2) is 0 Å². The summed E-state index contributed by atoms with van der Waals surface area (Å²) in [6.45, 7) is 11.9. The highest BCUT2D eigenvalue weighted by Crippen LogP contribution is 2.55. The molecule has 4 unspecified atom stereocenters. The molecule has 2 rings (SSSR count). The Labute approximate surface area is 121 Å². The molecule has 0 aromatic carbocycles. The van der Waals surface area contributed by atoms with Gasteiger partial charge in [0.2, 0.25) is 0 Å². The molecule has 0 radical (unpaired) electrons. The summed E-state index contributed by atoms with van der Waals surface area (Å²) in [6.07, 6.45) is 4.36. The number of fused-ring (bicyclic) bond motifs is 1. The first-order chi connectivity index (χ1) is 9.40. The molecular weight excluding hydrogens is 252 g/mol. The first-order valence-electron chi connectivity index (χ1n) is 7.52. The van der Waals surface area contributed by atoms with E-state index in [1.165, 1.54) is 18.1 Å². The monoisotopic (exact) mass is 278 g/mol. The van der Waals surface area contributed by atoms with Crippen molar-refractivity contribution in [3.63, 3.8) is 0 Å². The molecule has 4 atom stereocenters. The quantitative estimate of drug-likeness (QED) is 0.637. The number of ether oxygens (including phenoxy) is 1. The van der Waals surface area contributed by atoms with Gasteiger partial charge in [-0.1, -0.05) is 24.3 Å². The predicted octanol–water partition coefficient (Wildman–Crippen LogP) is 3.24. The van der Waals surface area contributed by atoms with Crippen LogP contribution in [0.4, 0.5) is 0 Å². The van der Waals surface area contributed by atoms with Gasteiger partial charge in [0.1, 0.15) is 6.10 Å². The van der Waals surface area contributed by atoms with Crippen molar-refractivity contribution in [1.29, 1.82) is 0 Å². The van der Waals surface area contributed by atoms with Gasteiger partial charge in [0.25, 0.3) is 0 Å². The zero-order valence-corrected chi connectivity index (χ0v) is 12.7. The van der Waals surface area contributed by atoms with E-state index in [-0.39, 0.29) is 30.0 Å². The first-order valence-corrected chi connectivity index (χ1v) is 7.52. The zero-order chi connectivity index (χ0) is 14.9. The van der Waals surface area contributed by atoms with E-state index >= 15 is 0 Å². The molecule has 0 amide bonds. The van der Waals surface area contributed by atoms with Crippen molar-refractivity contribution in [2.45, 2.75) is 52.1 Å². The van der Waals surface area contributed by atoms with Gasteiger partial charge in [-0.2, -0.15) is 0 Å². The predicted molar refractivity (Wildman–Crippen MR) is 79.1 cm³/mol. The molecule has 112 valence electrons. The Morgan fingerprint density at radius 2 is 2.15 bits per heavy atom. The van der Waals surface area contributed by atoms with E-state index in [0.717, 1.165) is 32.1 Å². The van der Waals surface area contributed by atoms with Crippen LogP contribution >= 0.6 is 0 Å². The summed E-state index contributed by atoms with van der Waals surface area (Å²) in [4.78, 5) is 11.4. The molecule has 0 bridgehead atoms. The molecule has 0 aromatic heterocycles. The average Bonchev–Trinajstić information content (AvgIpc) is 2.41. The normalized spacial score (nSPS) is 37.1. The standard InChI is InChI=1S/C17H26O3/c1-11(2)14-7-8-17(10-18)15(9-14)12(3)5-6-16(17)20-13(4)19/h14-16,18H,1,3,5-10H2,2,4H3. The second kappa shape index (κ2) is 5.72. The lowest BCUT2D eigenvalue weighted by Crippen LogP contribution is -2.53. The number of carbonyl (C=O) groups is 1. The lowest BCUT2D eigenvalue weighted by Gasteiger charge is -2.53. The average molecular weight is 278 g/mol. The summed E-state index contributed by atoms with van der Waals surface area (Å²) in [6, 6.07) is 0. The zero-order valence-electron chi connectivity index (χ0n) is 12.7. The Morgan fingerprint density at radius 3 is 2.70 bits per heavy atom. The lowest BCUT2D eigenvalue weighted by molar-refractivity contribution is -0.167. The molecule has 0 spiro atoms. The van der Waals surface area contributed by atoms with Crippen LogP contribution in [-0.2, 0) is 9.53 Å². The Morgan fingerprint density at radius 1 is 1.45 bits per heavy atom. The molecular formula is C17H26O3. The summed E-state index contributed by atoms with van der Waals surface area (Å²) >= 11 is 0. The maximum Gasteiger partial charge on any atom is 0.302 e. The van der Waals surface area contributed by atoms with Crippen LogP contribution in [0.1, 0.15) is 46.0 Å². The number of rotatable bonds is 3. The number of hydrogen-bond donors (Lipinski definition) is 1. The first kappa shape index (κ1) is 15.3. The van der Waals surface area contributed by atoms with Crippen molar-refractivity contribution in [3.8, 4) is 0 Å². The number of aliphatic hydroxyl groups excluding tert-OH is 1. The largest absolute Gasteiger partial charge is 0.462 e. The molecule has 20 heavy (non-hydrogen) atoms. The molecule has 2 saturated carbocycles. The van der Waals surface area contributed by atoms with Gasteiger partial charge in [-0.05, 0) is 50.9 Å². The van der Waals surface area contributed by atoms with Gasteiger partial charge in [-0.15, -0.1) is 0 Å². The molecule has 2 aliphatic carbocycles. The summed E-state index contributed by atoms with van der Waals surface area (Å²) < 4.78 is 5.54. The molecule has 0 aromatic rings. The van der Waals surface area contributed by atoms with Crippen LogP contribution in [0.3, 0.4) is 0 Å². The number of hydrogen-bond acceptors (Lipinski definition) is 3. The van der Waals surface area contributed by atoms with Crippen molar-refractivity contribution in [3.05, 3.63) is 24.3 Å². The highest BCUT2D eigenvalue weighted by atomic mass is 16.5. The van der Waals surface area contributed by atoms with Crippen LogP contribution in [0.5, 0.6) is 0 Å². The van der Waals surface area contributed by atoms with Gasteiger partial charge in [0.05, 0.1) is 6.61 Å². The fourth-order valence-corrected chi connectivity index (χ4v) is 4.11. The second-order valence-electron chi connectivity index (χ2n) is 6.56. The highest BCUT2D eigenvalue weighted by molar-refractivity contribution is 5.66. The third kappa shape index (κ3) is 2.56. The molecule has 2 fully saturated rings. The van der Waals surface area contributed by atoms with Crippen molar-refractivity contribution >= 4 is 5.97 Å². The molecule has 1 N–H and O–H groups in total. The lowest BCUT2D eigenvalue weighted by atomic mass is 9.54. The van der Waals surface area contributed by atoms with Gasteiger partial charge >= 0.3 is 5.97 Å². The van der Waals surface area contributed by atoms with E-state index in [1.54, 1.807) is 0 Å². The van der Waals surface area contributed by atoms with Crippen molar-refractivity contribution in [2.24, 2.45) is 17.3 Å². The molecule has 0 aliphatic heterocycles. The maximum atomic E-state index is 11.4. The minimum atomic E-state index is -0.326. The molecule has 0 heterocycles. The maximum absolute atomic E-state index is 11.4. The van der Waals surface area contributed by atoms with Crippen LogP contribution in [0.2, 0.25) is 0 Å². The number of aliphatic hydroxyl groups is 1. The molecule has 0 saturated heterocycles. The van der Waals surface area contributed by atoms with Gasteiger partial charge in [0.15, 0.2) is 0 Å². The topological polar surface area (TPSA) is 46.5 Å². The van der Waals surface area contributed by atoms with Crippen LogP contribution < -0.4 is 0 Å². The Bertz CT molecular complexity index is 426. The minimum Gasteiger partial charge on any atom is -0.462 e. The minimum absolute atomic E-state index is 0.0670. The summed E-state index contributed by atoms with van der Waals surface area (Å²) in [5, 5.41) is 10.0. The summed E-state index contributed by atoms with van der Waals surface area (Å²) in [5.74, 6) is 0.477. The van der Waals surface area contributed by atoms with Gasteiger partial charge < -0.3 is 9.84 Å². The van der Waals surface area contributed by atoms with Crippen molar-refractivity contribution in [1.82, 2.24) is 0 Å². The van der Waals surface area contributed by atoms with Crippen LogP contribution in [-0.4, -0.2) is 23.8 Å². The fraction of sp³-hybridized carbons (Fsp3) is 0.706. The van der Waals surface area contributed by atoms with E-state index in [1.807, 2.05) is 0 Å². The van der Waals surface area contributed by atoms with Gasteiger partial charge in [-0.3, -0.25) is 4.79 Å². The third-order valence-electron chi connectivity index (χ3n) is 5.33.